The van der Waals surface area contributed by atoms with Crippen LogP contribution in [0.5, 0.6) is 23.0 Å². The molecule has 1 aliphatic rings. The minimum atomic E-state index is -0.174. The lowest BCUT2D eigenvalue weighted by Gasteiger charge is -2.18. The van der Waals surface area contributed by atoms with E-state index in [1.807, 2.05) is 48.5 Å². The Hall–Kier alpha value is -3.73. The van der Waals surface area contributed by atoms with Crippen molar-refractivity contribution in [3.05, 3.63) is 89.5 Å². The Morgan fingerprint density at radius 3 is 2.57 bits per heavy atom. The Bertz CT molecular complexity index is 1060. The molecule has 0 N–H and O–H groups in total. The summed E-state index contributed by atoms with van der Waals surface area (Å²) in [6, 6.07) is 20.6. The van der Waals surface area contributed by atoms with E-state index in [0.717, 1.165) is 11.1 Å². The first kappa shape index (κ1) is 19.6. The smallest absolute Gasteiger partial charge is 0.189 e. The highest BCUT2D eigenvalue weighted by molar-refractivity contribution is 6.09. The topological polar surface area (TPSA) is 54.0 Å². The average molecular weight is 402 g/mol. The van der Waals surface area contributed by atoms with E-state index in [0.29, 0.717) is 48.4 Å². The van der Waals surface area contributed by atoms with Gasteiger partial charge in [0.15, 0.2) is 17.3 Å². The van der Waals surface area contributed by atoms with Gasteiger partial charge in [-0.25, -0.2) is 0 Å². The number of carbonyl (C=O) groups is 1. The molecule has 0 saturated carbocycles. The third-order valence-electron chi connectivity index (χ3n) is 4.68. The zero-order valence-corrected chi connectivity index (χ0v) is 16.7. The van der Waals surface area contributed by atoms with E-state index in [4.69, 9.17) is 18.9 Å². The second kappa shape index (κ2) is 9.18. The molecule has 3 aromatic carbocycles. The zero-order valence-electron chi connectivity index (χ0n) is 16.7. The maximum atomic E-state index is 12.9. The number of ketones is 1. The summed E-state index contributed by atoms with van der Waals surface area (Å²) in [6.45, 7) is 1.44. The van der Waals surface area contributed by atoms with Crippen LogP contribution in [-0.2, 0) is 6.61 Å². The summed E-state index contributed by atoms with van der Waals surface area (Å²) in [6.07, 6.45) is 3.27. The summed E-state index contributed by atoms with van der Waals surface area (Å²) in [5, 5.41) is 0. The molecule has 1 heterocycles. The summed E-state index contributed by atoms with van der Waals surface area (Å²) in [5.74, 6) is 2.33. The van der Waals surface area contributed by atoms with Gasteiger partial charge in [0.2, 0.25) is 0 Å². The number of hydrogen-bond donors (Lipinski definition) is 0. The molecule has 0 atom stereocenters. The average Bonchev–Trinajstić information content (AvgIpc) is 2.81. The third kappa shape index (κ3) is 4.63. The fraction of sp³-hybridized carbons (Fsp3) is 0.160. The minimum absolute atomic E-state index is 0.174. The van der Waals surface area contributed by atoms with Crippen molar-refractivity contribution in [3.63, 3.8) is 0 Å². The number of allylic oxidation sites excluding steroid dienone is 1. The van der Waals surface area contributed by atoms with Gasteiger partial charge >= 0.3 is 0 Å². The predicted molar refractivity (Wildman–Crippen MR) is 115 cm³/mol. The first-order chi connectivity index (χ1) is 14.7. The van der Waals surface area contributed by atoms with Crippen molar-refractivity contribution in [1.82, 2.24) is 0 Å². The van der Waals surface area contributed by atoms with E-state index >= 15 is 0 Å². The normalized spacial score (nSPS) is 12.6. The van der Waals surface area contributed by atoms with Crippen LogP contribution in [0.2, 0.25) is 0 Å². The summed E-state index contributed by atoms with van der Waals surface area (Å²) in [4.78, 5) is 12.9. The maximum Gasteiger partial charge on any atom is 0.189 e. The van der Waals surface area contributed by atoms with Crippen LogP contribution >= 0.6 is 0 Å². The molecule has 0 aliphatic carbocycles. The van der Waals surface area contributed by atoms with Gasteiger partial charge in [0.05, 0.1) is 12.7 Å². The van der Waals surface area contributed by atoms with E-state index in [1.165, 1.54) is 6.08 Å². The maximum absolute atomic E-state index is 12.9. The van der Waals surface area contributed by atoms with Crippen LogP contribution < -0.4 is 18.9 Å². The van der Waals surface area contributed by atoms with Gasteiger partial charge in [0.1, 0.15) is 31.3 Å². The van der Waals surface area contributed by atoms with Gasteiger partial charge in [0.25, 0.3) is 0 Å². The molecule has 0 saturated heterocycles. The molecule has 0 amide bonds. The molecule has 5 nitrogen and oxygen atoms in total. The van der Waals surface area contributed by atoms with Crippen LogP contribution in [0.15, 0.2) is 72.8 Å². The molecule has 152 valence electrons. The van der Waals surface area contributed by atoms with E-state index < -0.39 is 0 Å². The van der Waals surface area contributed by atoms with Crippen LogP contribution in [0.3, 0.4) is 0 Å². The number of ether oxygens (including phenoxy) is 4. The van der Waals surface area contributed by atoms with Crippen molar-refractivity contribution < 1.29 is 23.7 Å². The number of carbonyl (C=O) groups excluding carboxylic acids is 1. The molecule has 1 aliphatic heterocycles. The number of methoxy groups -OCH3 is 1. The predicted octanol–water partition coefficient (Wildman–Crippen LogP) is 4.94. The fourth-order valence-electron chi connectivity index (χ4n) is 3.12. The van der Waals surface area contributed by atoms with Crippen LogP contribution in [-0.4, -0.2) is 26.1 Å². The fourth-order valence-corrected chi connectivity index (χ4v) is 3.12. The Morgan fingerprint density at radius 2 is 1.77 bits per heavy atom. The SMILES string of the molecule is COc1ccc(OCc2ccccc2)c(C(=O)/C=C/c2ccc3c(c2)OCCO3)c1. The van der Waals surface area contributed by atoms with Crippen LogP contribution in [0.25, 0.3) is 6.08 Å². The first-order valence-corrected chi connectivity index (χ1v) is 9.70. The number of benzene rings is 3. The molecule has 0 radical (unpaired) electrons. The number of fused-ring (bicyclic) bond motifs is 1. The molecule has 0 spiro atoms. The van der Waals surface area contributed by atoms with Crippen molar-refractivity contribution in [2.24, 2.45) is 0 Å². The van der Waals surface area contributed by atoms with E-state index in [1.54, 1.807) is 31.4 Å². The molecule has 0 bridgehead atoms. The zero-order chi connectivity index (χ0) is 20.8. The highest BCUT2D eigenvalue weighted by Gasteiger charge is 2.14. The minimum Gasteiger partial charge on any atom is -0.497 e. The molecule has 0 aromatic heterocycles. The number of hydrogen-bond acceptors (Lipinski definition) is 5. The first-order valence-electron chi connectivity index (χ1n) is 9.70. The highest BCUT2D eigenvalue weighted by Crippen LogP contribution is 2.31. The second-order valence-electron chi connectivity index (χ2n) is 6.74. The van der Waals surface area contributed by atoms with Crippen molar-refractivity contribution in [2.45, 2.75) is 6.61 Å². The van der Waals surface area contributed by atoms with Gasteiger partial charge in [0, 0.05) is 0 Å². The quantitative estimate of drug-likeness (QED) is 0.414. The van der Waals surface area contributed by atoms with Gasteiger partial charge < -0.3 is 18.9 Å². The van der Waals surface area contributed by atoms with Gasteiger partial charge in [-0.1, -0.05) is 42.5 Å². The molecular formula is C25H22O5. The van der Waals surface area contributed by atoms with E-state index in [-0.39, 0.29) is 5.78 Å². The molecule has 30 heavy (non-hydrogen) atoms. The summed E-state index contributed by atoms with van der Waals surface area (Å²) < 4.78 is 22.3. The standard InChI is InChI=1S/C25H22O5/c1-27-20-9-12-23(30-17-19-5-3-2-4-6-19)21(16-20)22(26)10-7-18-8-11-24-25(15-18)29-14-13-28-24/h2-12,15-16H,13-14,17H2,1H3/b10-7+. The Morgan fingerprint density at radius 1 is 0.967 bits per heavy atom. The molecule has 3 aromatic rings. The Kier molecular flexibility index (Phi) is 5.99. The molecule has 5 heteroatoms. The Balaban J connectivity index is 1.54. The summed E-state index contributed by atoms with van der Waals surface area (Å²) >= 11 is 0. The highest BCUT2D eigenvalue weighted by atomic mass is 16.6. The number of rotatable bonds is 7. The van der Waals surface area contributed by atoms with Gasteiger partial charge in [-0.05, 0) is 47.5 Å². The van der Waals surface area contributed by atoms with Gasteiger partial charge in [-0.2, -0.15) is 0 Å². The molecular weight excluding hydrogens is 380 g/mol. The van der Waals surface area contributed by atoms with Gasteiger partial charge in [-0.3, -0.25) is 4.79 Å². The van der Waals surface area contributed by atoms with Crippen molar-refractivity contribution in [2.75, 3.05) is 20.3 Å². The van der Waals surface area contributed by atoms with E-state index in [2.05, 4.69) is 0 Å². The largest absolute Gasteiger partial charge is 0.497 e. The van der Waals surface area contributed by atoms with Crippen molar-refractivity contribution in [1.29, 1.82) is 0 Å². The van der Waals surface area contributed by atoms with Gasteiger partial charge in [-0.15, -0.1) is 0 Å². The lowest BCUT2D eigenvalue weighted by molar-refractivity contribution is 0.104. The van der Waals surface area contributed by atoms with Crippen molar-refractivity contribution >= 4 is 11.9 Å². The third-order valence-corrected chi connectivity index (χ3v) is 4.68. The molecule has 0 fully saturated rings. The van der Waals surface area contributed by atoms with Crippen LogP contribution in [0.4, 0.5) is 0 Å². The summed E-state index contributed by atoms with van der Waals surface area (Å²) in [7, 11) is 1.57. The van der Waals surface area contributed by atoms with E-state index in [9.17, 15) is 4.79 Å². The Labute approximate surface area is 175 Å². The lowest BCUT2D eigenvalue weighted by atomic mass is 10.1. The van der Waals surface area contributed by atoms with Crippen LogP contribution in [0.1, 0.15) is 21.5 Å². The second-order valence-corrected chi connectivity index (χ2v) is 6.74. The monoisotopic (exact) mass is 402 g/mol. The molecule has 0 unspecified atom stereocenters. The summed E-state index contributed by atoms with van der Waals surface area (Å²) in [5.41, 5.74) is 2.32. The van der Waals surface area contributed by atoms with Crippen LogP contribution in [0, 0.1) is 0 Å². The lowest BCUT2D eigenvalue weighted by Crippen LogP contribution is -2.15. The molecule has 4 rings (SSSR count). The van der Waals surface area contributed by atoms with Crippen molar-refractivity contribution in [3.8, 4) is 23.0 Å².